The first-order valence-corrected chi connectivity index (χ1v) is 10.0. The SMILES string of the molecule is CC1CCN(C(=O)C2CCN(Cc3ccccc3O)CC2)CC1.O=C(O)C(=O)O. The van der Waals surface area contributed by atoms with E-state index < -0.39 is 11.9 Å². The number of phenols is 1. The van der Waals surface area contributed by atoms with Gasteiger partial charge in [-0.2, -0.15) is 0 Å². The number of rotatable bonds is 3. The molecule has 0 saturated carbocycles. The predicted molar refractivity (Wildman–Crippen MR) is 106 cm³/mol. The normalized spacial score (nSPS) is 18.6. The Morgan fingerprint density at radius 2 is 1.48 bits per heavy atom. The van der Waals surface area contributed by atoms with Crippen LogP contribution in [0, 0.1) is 11.8 Å². The molecule has 29 heavy (non-hydrogen) atoms. The fraction of sp³-hybridized carbons (Fsp3) is 0.571. The number of benzene rings is 1. The second kappa shape index (κ2) is 10.8. The van der Waals surface area contributed by atoms with E-state index in [9.17, 15) is 9.90 Å². The molecule has 3 rings (SSSR count). The summed E-state index contributed by atoms with van der Waals surface area (Å²) in [7, 11) is 0. The lowest BCUT2D eigenvalue weighted by atomic mass is 9.92. The van der Waals surface area contributed by atoms with E-state index in [2.05, 4.69) is 16.7 Å². The van der Waals surface area contributed by atoms with Crippen LogP contribution in [0.25, 0.3) is 0 Å². The van der Waals surface area contributed by atoms with E-state index in [0.29, 0.717) is 11.7 Å². The molecule has 0 aliphatic carbocycles. The maximum atomic E-state index is 12.6. The molecule has 0 radical (unpaired) electrons. The zero-order valence-corrected chi connectivity index (χ0v) is 16.8. The average molecular weight is 406 g/mol. The Balaban J connectivity index is 0.000000438. The van der Waals surface area contributed by atoms with Crippen molar-refractivity contribution in [2.75, 3.05) is 26.2 Å². The Bertz CT molecular complexity index is 695. The largest absolute Gasteiger partial charge is 0.508 e. The van der Waals surface area contributed by atoms with E-state index in [1.54, 1.807) is 6.07 Å². The molecule has 2 fully saturated rings. The van der Waals surface area contributed by atoms with Gasteiger partial charge in [-0.15, -0.1) is 0 Å². The fourth-order valence-electron chi connectivity index (χ4n) is 3.71. The van der Waals surface area contributed by atoms with Crippen LogP contribution in [0.15, 0.2) is 24.3 Å². The van der Waals surface area contributed by atoms with E-state index in [1.807, 2.05) is 18.2 Å². The molecule has 2 aliphatic rings. The van der Waals surface area contributed by atoms with Gasteiger partial charge in [-0.3, -0.25) is 9.69 Å². The molecule has 0 spiro atoms. The van der Waals surface area contributed by atoms with Crippen LogP contribution >= 0.6 is 0 Å². The van der Waals surface area contributed by atoms with Gasteiger partial charge in [-0.05, 0) is 50.8 Å². The minimum Gasteiger partial charge on any atom is -0.508 e. The molecule has 2 heterocycles. The number of hydrogen-bond acceptors (Lipinski definition) is 5. The van der Waals surface area contributed by atoms with Crippen LogP contribution in [0.1, 0.15) is 38.2 Å². The molecular weight excluding hydrogens is 376 g/mol. The van der Waals surface area contributed by atoms with Crippen LogP contribution in [-0.4, -0.2) is 69.1 Å². The van der Waals surface area contributed by atoms with Crippen molar-refractivity contribution in [3.63, 3.8) is 0 Å². The highest BCUT2D eigenvalue weighted by Gasteiger charge is 2.30. The van der Waals surface area contributed by atoms with Crippen LogP contribution in [0.4, 0.5) is 0 Å². The highest BCUT2D eigenvalue weighted by molar-refractivity contribution is 6.27. The van der Waals surface area contributed by atoms with E-state index in [1.165, 1.54) is 0 Å². The number of amides is 1. The summed E-state index contributed by atoms with van der Waals surface area (Å²) in [5.41, 5.74) is 0.974. The Kier molecular flexibility index (Phi) is 8.45. The third-order valence-electron chi connectivity index (χ3n) is 5.60. The topological polar surface area (TPSA) is 118 Å². The molecule has 0 atom stereocenters. The summed E-state index contributed by atoms with van der Waals surface area (Å²) in [6.45, 7) is 6.81. The summed E-state index contributed by atoms with van der Waals surface area (Å²) in [5.74, 6) is -1.94. The van der Waals surface area contributed by atoms with Crippen molar-refractivity contribution in [3.05, 3.63) is 29.8 Å². The second-order valence-corrected chi connectivity index (χ2v) is 7.80. The number of likely N-dealkylation sites (tertiary alicyclic amines) is 2. The highest BCUT2D eigenvalue weighted by Crippen LogP contribution is 2.25. The number of carbonyl (C=O) groups excluding carboxylic acids is 1. The van der Waals surface area contributed by atoms with Gasteiger partial charge in [0.2, 0.25) is 5.91 Å². The molecule has 1 aromatic rings. The summed E-state index contributed by atoms with van der Waals surface area (Å²) in [4.78, 5) is 35.3. The van der Waals surface area contributed by atoms with Gasteiger partial charge in [0, 0.05) is 31.1 Å². The quantitative estimate of drug-likeness (QED) is 0.657. The van der Waals surface area contributed by atoms with Gasteiger partial charge in [0.1, 0.15) is 5.75 Å². The number of carbonyl (C=O) groups is 3. The standard InChI is InChI=1S/C19H28N2O2.C2H2O4/c1-15-6-12-21(13-7-15)19(23)16-8-10-20(11-9-16)14-17-4-2-3-5-18(17)22;3-1(4)2(5)6/h2-5,15-16,22H,6-14H2,1H3;(H,3,4)(H,5,6). The van der Waals surface area contributed by atoms with Gasteiger partial charge in [-0.25, -0.2) is 9.59 Å². The van der Waals surface area contributed by atoms with Crippen molar-refractivity contribution in [2.45, 2.75) is 39.2 Å². The van der Waals surface area contributed by atoms with Gasteiger partial charge in [0.25, 0.3) is 0 Å². The summed E-state index contributed by atoms with van der Waals surface area (Å²) < 4.78 is 0. The number of carboxylic acids is 2. The molecule has 2 aliphatic heterocycles. The molecule has 2 saturated heterocycles. The summed E-state index contributed by atoms with van der Waals surface area (Å²) >= 11 is 0. The molecule has 160 valence electrons. The molecule has 1 aromatic carbocycles. The third kappa shape index (κ3) is 7.05. The van der Waals surface area contributed by atoms with Crippen LogP contribution in [0.2, 0.25) is 0 Å². The molecule has 3 N–H and O–H groups in total. The average Bonchev–Trinajstić information content (AvgIpc) is 2.71. The zero-order valence-electron chi connectivity index (χ0n) is 16.8. The zero-order chi connectivity index (χ0) is 21.4. The van der Waals surface area contributed by atoms with Gasteiger partial charge in [0.05, 0.1) is 0 Å². The van der Waals surface area contributed by atoms with Crippen molar-refractivity contribution < 1.29 is 29.7 Å². The molecule has 0 bridgehead atoms. The molecule has 0 aromatic heterocycles. The van der Waals surface area contributed by atoms with Gasteiger partial charge in [0.15, 0.2) is 0 Å². The number of phenolic OH excluding ortho intramolecular Hbond substituents is 1. The molecular formula is C21H30N2O6. The Labute approximate surface area is 170 Å². The second-order valence-electron chi connectivity index (χ2n) is 7.80. The van der Waals surface area contributed by atoms with Crippen molar-refractivity contribution in [1.29, 1.82) is 0 Å². The monoisotopic (exact) mass is 406 g/mol. The summed E-state index contributed by atoms with van der Waals surface area (Å²) in [5, 5.41) is 24.7. The van der Waals surface area contributed by atoms with Gasteiger partial charge < -0.3 is 20.2 Å². The number of para-hydroxylation sites is 1. The first-order valence-electron chi connectivity index (χ1n) is 10.0. The van der Waals surface area contributed by atoms with Crippen LogP contribution < -0.4 is 0 Å². The Hall–Kier alpha value is -2.61. The number of carboxylic acid groups (broad SMARTS) is 2. The van der Waals surface area contributed by atoms with E-state index >= 15 is 0 Å². The smallest absolute Gasteiger partial charge is 0.414 e. The first kappa shape index (κ1) is 22.7. The Morgan fingerprint density at radius 3 is 2.00 bits per heavy atom. The lowest BCUT2D eigenvalue weighted by molar-refractivity contribution is -0.159. The first-order chi connectivity index (χ1) is 13.8. The minimum absolute atomic E-state index is 0.198. The summed E-state index contributed by atoms with van der Waals surface area (Å²) in [6.07, 6.45) is 4.19. The van der Waals surface area contributed by atoms with Crippen molar-refractivity contribution in [1.82, 2.24) is 9.80 Å². The third-order valence-corrected chi connectivity index (χ3v) is 5.60. The van der Waals surface area contributed by atoms with Crippen molar-refractivity contribution in [2.24, 2.45) is 11.8 Å². The van der Waals surface area contributed by atoms with Crippen molar-refractivity contribution in [3.8, 4) is 5.75 Å². The van der Waals surface area contributed by atoms with E-state index in [0.717, 1.165) is 69.9 Å². The van der Waals surface area contributed by atoms with Crippen molar-refractivity contribution >= 4 is 17.8 Å². The minimum atomic E-state index is -1.82. The summed E-state index contributed by atoms with van der Waals surface area (Å²) in [6, 6.07) is 7.52. The van der Waals surface area contributed by atoms with E-state index in [4.69, 9.17) is 19.8 Å². The number of hydrogen-bond donors (Lipinski definition) is 3. The highest BCUT2D eigenvalue weighted by atomic mass is 16.4. The van der Waals surface area contributed by atoms with Crippen LogP contribution in [0.3, 0.4) is 0 Å². The number of nitrogens with zero attached hydrogens (tertiary/aromatic N) is 2. The Morgan fingerprint density at radius 1 is 0.931 bits per heavy atom. The molecule has 0 unspecified atom stereocenters. The molecule has 8 heteroatoms. The van der Waals surface area contributed by atoms with E-state index in [-0.39, 0.29) is 5.92 Å². The maximum Gasteiger partial charge on any atom is 0.414 e. The molecule has 1 amide bonds. The number of aliphatic carboxylic acids is 2. The number of piperidine rings is 2. The van der Waals surface area contributed by atoms with Crippen LogP contribution in [-0.2, 0) is 20.9 Å². The molecule has 8 nitrogen and oxygen atoms in total. The van der Waals surface area contributed by atoms with Gasteiger partial charge >= 0.3 is 11.9 Å². The van der Waals surface area contributed by atoms with Gasteiger partial charge in [-0.1, -0.05) is 25.1 Å². The lowest BCUT2D eigenvalue weighted by Crippen LogP contribution is -2.45. The predicted octanol–water partition coefficient (Wildman–Crippen LogP) is 2.02. The fourth-order valence-corrected chi connectivity index (χ4v) is 3.71. The van der Waals surface area contributed by atoms with Crippen LogP contribution in [0.5, 0.6) is 5.75 Å². The number of aromatic hydroxyl groups is 1. The lowest BCUT2D eigenvalue weighted by Gasteiger charge is -2.36. The maximum absolute atomic E-state index is 12.6.